The van der Waals surface area contributed by atoms with Crippen molar-refractivity contribution in [2.24, 2.45) is 0 Å². The van der Waals surface area contributed by atoms with Gasteiger partial charge in [0.05, 0.1) is 12.9 Å². The van der Waals surface area contributed by atoms with Crippen LogP contribution in [-0.2, 0) is 9.47 Å². The van der Waals surface area contributed by atoms with E-state index in [1.165, 1.54) is 18.0 Å². The Kier molecular flexibility index (Phi) is 3.37. The van der Waals surface area contributed by atoms with Crippen molar-refractivity contribution in [1.29, 1.82) is 0 Å². The third-order valence-electron chi connectivity index (χ3n) is 3.50. The van der Waals surface area contributed by atoms with Gasteiger partial charge in [-0.25, -0.2) is 4.98 Å². The highest BCUT2D eigenvalue weighted by Crippen LogP contribution is 2.33. The number of nitrogens with two attached hydrogens (primary N) is 2. The largest absolute Gasteiger partial charge is 0.394 e. The zero-order valence-electron chi connectivity index (χ0n) is 11.2. The molecule has 114 valence electrons. The van der Waals surface area contributed by atoms with E-state index in [4.69, 9.17) is 20.9 Å². The van der Waals surface area contributed by atoms with Gasteiger partial charge in [-0.2, -0.15) is 9.97 Å². The van der Waals surface area contributed by atoms with Crippen LogP contribution in [0.4, 0.5) is 11.8 Å². The number of nitrogens with zero attached hydrogens (tertiary/aromatic N) is 4. The number of hydrogen-bond acceptors (Lipinski definition) is 9. The van der Waals surface area contributed by atoms with Gasteiger partial charge < -0.3 is 31.2 Å². The van der Waals surface area contributed by atoms with E-state index in [2.05, 4.69) is 15.0 Å². The first kappa shape index (κ1) is 13.9. The quantitative estimate of drug-likeness (QED) is 0.516. The highest BCUT2D eigenvalue weighted by atomic mass is 16.6. The van der Waals surface area contributed by atoms with Gasteiger partial charge in [-0.15, -0.1) is 0 Å². The molecule has 0 saturated carbocycles. The number of fused-ring (bicyclic) bond motifs is 1. The van der Waals surface area contributed by atoms with Gasteiger partial charge in [0, 0.05) is 7.11 Å². The van der Waals surface area contributed by atoms with Crippen LogP contribution in [0.15, 0.2) is 6.33 Å². The number of aliphatic hydroxyl groups is 2. The maximum atomic E-state index is 10.3. The summed E-state index contributed by atoms with van der Waals surface area (Å²) in [5.74, 6) is 0.141. The van der Waals surface area contributed by atoms with Crippen molar-refractivity contribution in [3.63, 3.8) is 0 Å². The highest BCUT2D eigenvalue weighted by Gasteiger charge is 2.45. The van der Waals surface area contributed by atoms with Crippen LogP contribution in [0.5, 0.6) is 0 Å². The molecule has 1 fully saturated rings. The molecule has 2 aromatic heterocycles. The van der Waals surface area contributed by atoms with Crippen LogP contribution in [0, 0.1) is 0 Å². The normalized spacial score (nSPS) is 29.3. The number of imidazole rings is 1. The SMILES string of the molecule is COC1C(O)[C@H](n2cnc3c(N)nc(N)nc32)O[C@@H]1CO. The lowest BCUT2D eigenvalue weighted by Gasteiger charge is -2.17. The molecule has 0 aliphatic carbocycles. The first-order valence-corrected chi connectivity index (χ1v) is 6.29. The number of methoxy groups -OCH3 is 1. The van der Waals surface area contributed by atoms with Gasteiger partial charge in [-0.3, -0.25) is 4.57 Å². The monoisotopic (exact) mass is 296 g/mol. The molecule has 4 atom stereocenters. The van der Waals surface area contributed by atoms with Crippen molar-refractivity contribution in [3.8, 4) is 0 Å². The molecule has 0 radical (unpaired) electrons. The first-order valence-electron chi connectivity index (χ1n) is 6.29. The molecule has 2 unspecified atom stereocenters. The van der Waals surface area contributed by atoms with Crippen molar-refractivity contribution in [2.45, 2.75) is 24.5 Å². The summed E-state index contributed by atoms with van der Waals surface area (Å²) >= 11 is 0. The van der Waals surface area contributed by atoms with E-state index in [9.17, 15) is 10.2 Å². The Hall–Kier alpha value is -2.01. The minimum absolute atomic E-state index is 0.00348. The second-order valence-corrected chi connectivity index (χ2v) is 4.73. The van der Waals surface area contributed by atoms with Crippen molar-refractivity contribution >= 4 is 22.9 Å². The van der Waals surface area contributed by atoms with Crippen LogP contribution in [0.2, 0.25) is 0 Å². The van der Waals surface area contributed by atoms with E-state index < -0.39 is 24.5 Å². The Morgan fingerprint density at radius 1 is 1.43 bits per heavy atom. The summed E-state index contributed by atoms with van der Waals surface area (Å²) in [6.07, 6.45) is -1.69. The van der Waals surface area contributed by atoms with Gasteiger partial charge in [0.15, 0.2) is 17.7 Å². The van der Waals surface area contributed by atoms with Gasteiger partial charge >= 0.3 is 0 Å². The third kappa shape index (κ3) is 2.08. The fraction of sp³-hybridized carbons (Fsp3) is 0.545. The van der Waals surface area contributed by atoms with Crippen molar-refractivity contribution in [3.05, 3.63) is 6.33 Å². The minimum Gasteiger partial charge on any atom is -0.394 e. The van der Waals surface area contributed by atoms with Gasteiger partial charge in [-0.1, -0.05) is 0 Å². The number of aromatic nitrogens is 4. The zero-order valence-corrected chi connectivity index (χ0v) is 11.2. The lowest BCUT2D eigenvalue weighted by Crippen LogP contribution is -2.35. The number of hydrogen-bond donors (Lipinski definition) is 4. The number of ether oxygens (including phenoxy) is 2. The fourth-order valence-electron chi connectivity index (χ4n) is 2.53. The maximum absolute atomic E-state index is 10.3. The predicted molar refractivity (Wildman–Crippen MR) is 71.9 cm³/mol. The predicted octanol–water partition coefficient (Wildman–Crippen LogP) is -1.74. The Morgan fingerprint density at radius 2 is 2.19 bits per heavy atom. The Bertz CT molecular complexity index is 661. The molecule has 6 N–H and O–H groups in total. The molecule has 3 rings (SSSR count). The Labute approximate surface area is 119 Å². The minimum atomic E-state index is -0.998. The molecule has 10 heteroatoms. The number of anilines is 2. The van der Waals surface area contributed by atoms with Gasteiger partial charge in [0.25, 0.3) is 0 Å². The summed E-state index contributed by atoms with van der Waals surface area (Å²) < 4.78 is 12.3. The van der Waals surface area contributed by atoms with Crippen LogP contribution in [0.3, 0.4) is 0 Å². The van der Waals surface area contributed by atoms with Crippen LogP contribution < -0.4 is 11.5 Å². The zero-order chi connectivity index (χ0) is 15.1. The van der Waals surface area contributed by atoms with Gasteiger partial charge in [-0.05, 0) is 0 Å². The van der Waals surface area contributed by atoms with E-state index in [-0.39, 0.29) is 18.4 Å². The molecule has 0 spiro atoms. The second kappa shape index (κ2) is 5.07. The van der Waals surface area contributed by atoms with Crippen LogP contribution >= 0.6 is 0 Å². The summed E-state index contributed by atoms with van der Waals surface area (Å²) in [6, 6.07) is 0. The summed E-state index contributed by atoms with van der Waals surface area (Å²) in [5.41, 5.74) is 12.0. The fourth-order valence-corrected chi connectivity index (χ4v) is 2.53. The average Bonchev–Trinajstić information content (AvgIpc) is 2.99. The van der Waals surface area contributed by atoms with E-state index in [1.54, 1.807) is 0 Å². The molecule has 3 heterocycles. The summed E-state index contributed by atoms with van der Waals surface area (Å²) in [4.78, 5) is 12.0. The van der Waals surface area contributed by atoms with Crippen molar-refractivity contribution in [2.75, 3.05) is 25.2 Å². The smallest absolute Gasteiger partial charge is 0.224 e. The topological polar surface area (TPSA) is 155 Å². The van der Waals surface area contributed by atoms with E-state index in [0.717, 1.165) is 0 Å². The summed E-state index contributed by atoms with van der Waals surface area (Å²) in [7, 11) is 1.44. The molecule has 1 saturated heterocycles. The molecule has 2 aromatic rings. The van der Waals surface area contributed by atoms with Crippen LogP contribution in [0.25, 0.3) is 11.2 Å². The van der Waals surface area contributed by atoms with Crippen LogP contribution in [0.1, 0.15) is 6.23 Å². The number of aliphatic hydroxyl groups excluding tert-OH is 2. The standard InChI is InChI=1S/C11H16N6O4/c1-20-7-4(2-18)21-10(6(7)19)17-3-14-5-8(12)15-11(13)16-9(5)17/h3-4,6-7,10,18-19H,2H2,1H3,(H4,12,13,15,16)/t4-,6?,7?,10-/m1/s1. The van der Waals surface area contributed by atoms with E-state index in [1.807, 2.05) is 0 Å². The van der Waals surface area contributed by atoms with Crippen molar-refractivity contribution in [1.82, 2.24) is 19.5 Å². The number of rotatable bonds is 3. The lowest BCUT2D eigenvalue weighted by atomic mass is 10.1. The maximum Gasteiger partial charge on any atom is 0.224 e. The van der Waals surface area contributed by atoms with E-state index in [0.29, 0.717) is 11.2 Å². The molecular weight excluding hydrogens is 280 g/mol. The van der Waals surface area contributed by atoms with Gasteiger partial charge in [0.2, 0.25) is 5.95 Å². The van der Waals surface area contributed by atoms with Gasteiger partial charge in [0.1, 0.15) is 23.8 Å². The number of nitrogen functional groups attached to an aromatic ring is 2. The molecule has 0 aromatic carbocycles. The third-order valence-corrected chi connectivity index (χ3v) is 3.50. The molecule has 1 aliphatic heterocycles. The molecule has 1 aliphatic rings. The summed E-state index contributed by atoms with van der Waals surface area (Å²) in [6.45, 7) is -0.280. The highest BCUT2D eigenvalue weighted by molar-refractivity contribution is 5.82. The molecule has 21 heavy (non-hydrogen) atoms. The Balaban J connectivity index is 2.05. The Morgan fingerprint density at radius 3 is 2.81 bits per heavy atom. The first-order chi connectivity index (χ1) is 10.1. The molecular formula is C11H16N6O4. The summed E-state index contributed by atoms with van der Waals surface area (Å²) in [5, 5.41) is 19.6. The lowest BCUT2D eigenvalue weighted by molar-refractivity contribution is -0.0535. The molecule has 0 bridgehead atoms. The molecule has 0 amide bonds. The van der Waals surface area contributed by atoms with Crippen LogP contribution in [-0.4, -0.2) is 61.8 Å². The molecule has 10 nitrogen and oxygen atoms in total. The second-order valence-electron chi connectivity index (χ2n) is 4.73. The average molecular weight is 296 g/mol. The van der Waals surface area contributed by atoms with Crippen molar-refractivity contribution < 1.29 is 19.7 Å². The van der Waals surface area contributed by atoms with E-state index >= 15 is 0 Å².